The third-order valence-corrected chi connectivity index (χ3v) is 3.03. The van der Waals surface area contributed by atoms with Crippen LogP contribution in [0.4, 0.5) is 0 Å². The van der Waals surface area contributed by atoms with Gasteiger partial charge < -0.3 is 9.80 Å². The first-order chi connectivity index (χ1) is 7.06. The van der Waals surface area contributed by atoms with Crippen molar-refractivity contribution in [3.63, 3.8) is 0 Å². The molecule has 0 fully saturated rings. The average molecular weight is 232 g/mol. The van der Waals surface area contributed by atoms with Crippen LogP contribution in [0.15, 0.2) is 0 Å². The van der Waals surface area contributed by atoms with Gasteiger partial charge in [-0.1, -0.05) is 6.92 Å². The first-order valence-corrected chi connectivity index (χ1v) is 6.63. The topological polar surface area (TPSA) is 6.48 Å². The predicted molar refractivity (Wildman–Crippen MR) is 72.9 cm³/mol. The van der Waals surface area contributed by atoms with Crippen molar-refractivity contribution in [2.45, 2.75) is 26.2 Å². The molecule has 0 heterocycles. The molecule has 3 heteroatoms. The second-order valence-electron chi connectivity index (χ2n) is 4.87. The molecule has 0 saturated carbocycles. The molecule has 0 aliphatic carbocycles. The monoisotopic (exact) mass is 232 g/mol. The van der Waals surface area contributed by atoms with E-state index in [1.54, 1.807) is 0 Å². The molecule has 92 valence electrons. The first kappa shape index (κ1) is 15.3. The lowest BCUT2D eigenvalue weighted by molar-refractivity contribution is 0.281. The zero-order chi connectivity index (χ0) is 11.7. The standard InChI is InChI=1S/C12H28N2S/c1-12(7-11-15)6-10-14(4)9-5-8-13(2)3/h12,15H,5-11H2,1-4H3. The molecule has 0 aliphatic rings. The fraction of sp³-hybridized carbons (Fsp3) is 1.00. The van der Waals surface area contributed by atoms with Crippen LogP contribution in [0, 0.1) is 5.92 Å². The third kappa shape index (κ3) is 10.6. The normalized spacial score (nSPS) is 13.8. The van der Waals surface area contributed by atoms with Crippen molar-refractivity contribution in [1.82, 2.24) is 9.80 Å². The molecule has 0 aliphatic heterocycles. The largest absolute Gasteiger partial charge is 0.309 e. The molecule has 0 radical (unpaired) electrons. The maximum absolute atomic E-state index is 4.26. The van der Waals surface area contributed by atoms with Gasteiger partial charge in [0.15, 0.2) is 0 Å². The second kappa shape index (κ2) is 9.49. The van der Waals surface area contributed by atoms with Crippen LogP contribution in [-0.4, -0.2) is 56.3 Å². The van der Waals surface area contributed by atoms with E-state index in [1.807, 2.05) is 0 Å². The molecule has 0 N–H and O–H groups in total. The Labute approximate surface area is 101 Å². The predicted octanol–water partition coefficient (Wildman–Crippen LogP) is 2.22. The van der Waals surface area contributed by atoms with E-state index in [2.05, 4.69) is 50.5 Å². The second-order valence-corrected chi connectivity index (χ2v) is 5.31. The highest BCUT2D eigenvalue weighted by Crippen LogP contribution is 2.08. The fourth-order valence-electron chi connectivity index (χ4n) is 1.57. The van der Waals surface area contributed by atoms with E-state index >= 15 is 0 Å². The summed E-state index contributed by atoms with van der Waals surface area (Å²) in [6.45, 7) is 5.95. The quantitative estimate of drug-likeness (QED) is 0.609. The number of hydrogen-bond donors (Lipinski definition) is 1. The highest BCUT2D eigenvalue weighted by Gasteiger charge is 2.03. The van der Waals surface area contributed by atoms with Crippen LogP contribution in [-0.2, 0) is 0 Å². The molecule has 2 nitrogen and oxygen atoms in total. The van der Waals surface area contributed by atoms with E-state index in [1.165, 1.54) is 38.9 Å². The summed E-state index contributed by atoms with van der Waals surface area (Å²) in [5.41, 5.74) is 0. The minimum atomic E-state index is 0.818. The summed E-state index contributed by atoms with van der Waals surface area (Å²) in [6.07, 6.45) is 3.82. The average Bonchev–Trinajstić information content (AvgIpc) is 2.14. The van der Waals surface area contributed by atoms with Gasteiger partial charge >= 0.3 is 0 Å². The highest BCUT2D eigenvalue weighted by molar-refractivity contribution is 7.80. The molecular formula is C12H28N2S. The van der Waals surface area contributed by atoms with Crippen LogP contribution in [0.2, 0.25) is 0 Å². The van der Waals surface area contributed by atoms with E-state index in [0.717, 1.165) is 11.7 Å². The molecular weight excluding hydrogens is 204 g/mol. The fourth-order valence-corrected chi connectivity index (χ4v) is 2.01. The molecule has 0 spiro atoms. The van der Waals surface area contributed by atoms with Gasteiger partial charge in [0.05, 0.1) is 0 Å². The van der Waals surface area contributed by atoms with Crippen molar-refractivity contribution in [3.05, 3.63) is 0 Å². The molecule has 1 unspecified atom stereocenters. The van der Waals surface area contributed by atoms with Gasteiger partial charge in [0, 0.05) is 0 Å². The van der Waals surface area contributed by atoms with Crippen molar-refractivity contribution in [1.29, 1.82) is 0 Å². The Morgan fingerprint density at radius 3 is 2.20 bits per heavy atom. The van der Waals surface area contributed by atoms with Crippen molar-refractivity contribution in [2.75, 3.05) is 46.5 Å². The molecule has 1 atom stereocenters. The minimum Gasteiger partial charge on any atom is -0.309 e. The Balaban J connectivity index is 3.36. The van der Waals surface area contributed by atoms with Crippen LogP contribution < -0.4 is 0 Å². The van der Waals surface area contributed by atoms with Crippen molar-refractivity contribution >= 4 is 12.6 Å². The van der Waals surface area contributed by atoms with Gasteiger partial charge in [-0.3, -0.25) is 0 Å². The van der Waals surface area contributed by atoms with Crippen molar-refractivity contribution in [3.8, 4) is 0 Å². The van der Waals surface area contributed by atoms with Gasteiger partial charge in [-0.05, 0) is 71.7 Å². The molecule has 15 heavy (non-hydrogen) atoms. The Kier molecular flexibility index (Phi) is 9.66. The Morgan fingerprint density at radius 1 is 1.00 bits per heavy atom. The summed E-state index contributed by atoms with van der Waals surface area (Å²) in [5.74, 6) is 1.84. The maximum atomic E-state index is 4.26. The maximum Gasteiger partial charge on any atom is -0.000960 e. The Morgan fingerprint density at radius 2 is 1.67 bits per heavy atom. The van der Waals surface area contributed by atoms with E-state index in [-0.39, 0.29) is 0 Å². The Bertz CT molecular complexity index is 140. The number of thiol groups is 1. The molecule has 0 aromatic rings. The van der Waals surface area contributed by atoms with E-state index in [0.29, 0.717) is 0 Å². The van der Waals surface area contributed by atoms with Gasteiger partial charge in [0.25, 0.3) is 0 Å². The van der Waals surface area contributed by atoms with Crippen LogP contribution >= 0.6 is 12.6 Å². The summed E-state index contributed by atoms with van der Waals surface area (Å²) in [5, 5.41) is 0. The summed E-state index contributed by atoms with van der Waals surface area (Å²) in [7, 11) is 6.49. The van der Waals surface area contributed by atoms with E-state index in [9.17, 15) is 0 Å². The lowest BCUT2D eigenvalue weighted by Crippen LogP contribution is -2.25. The molecule has 0 aromatic carbocycles. The van der Waals surface area contributed by atoms with Gasteiger partial charge in [0.1, 0.15) is 0 Å². The third-order valence-electron chi connectivity index (χ3n) is 2.77. The van der Waals surface area contributed by atoms with Crippen LogP contribution in [0.5, 0.6) is 0 Å². The zero-order valence-corrected chi connectivity index (χ0v) is 11.8. The smallest absolute Gasteiger partial charge is 0.000960 e. The van der Waals surface area contributed by atoms with Crippen molar-refractivity contribution < 1.29 is 0 Å². The number of hydrogen-bond acceptors (Lipinski definition) is 3. The van der Waals surface area contributed by atoms with Gasteiger partial charge in [-0.2, -0.15) is 12.6 Å². The highest BCUT2D eigenvalue weighted by atomic mass is 32.1. The van der Waals surface area contributed by atoms with Gasteiger partial charge in [-0.15, -0.1) is 0 Å². The zero-order valence-electron chi connectivity index (χ0n) is 10.9. The van der Waals surface area contributed by atoms with Gasteiger partial charge in [0.2, 0.25) is 0 Å². The van der Waals surface area contributed by atoms with E-state index in [4.69, 9.17) is 0 Å². The molecule has 0 rings (SSSR count). The van der Waals surface area contributed by atoms with Crippen molar-refractivity contribution in [2.24, 2.45) is 5.92 Å². The molecule has 0 saturated heterocycles. The number of nitrogens with zero attached hydrogens (tertiary/aromatic N) is 2. The SMILES string of the molecule is CC(CCS)CCN(C)CCCN(C)C. The lowest BCUT2D eigenvalue weighted by atomic mass is 10.1. The first-order valence-electron chi connectivity index (χ1n) is 6.00. The molecule has 0 amide bonds. The molecule has 0 bridgehead atoms. The summed E-state index contributed by atoms with van der Waals surface area (Å²) in [6, 6.07) is 0. The molecule has 0 aromatic heterocycles. The van der Waals surface area contributed by atoms with Crippen LogP contribution in [0.1, 0.15) is 26.2 Å². The van der Waals surface area contributed by atoms with E-state index < -0.39 is 0 Å². The summed E-state index contributed by atoms with van der Waals surface area (Å²) >= 11 is 4.26. The summed E-state index contributed by atoms with van der Waals surface area (Å²) in [4.78, 5) is 4.69. The van der Waals surface area contributed by atoms with Gasteiger partial charge in [-0.25, -0.2) is 0 Å². The van der Waals surface area contributed by atoms with Crippen LogP contribution in [0.25, 0.3) is 0 Å². The summed E-state index contributed by atoms with van der Waals surface area (Å²) < 4.78 is 0. The lowest BCUT2D eigenvalue weighted by Gasteiger charge is -2.20. The Hall–Kier alpha value is 0.270. The van der Waals surface area contributed by atoms with Crippen LogP contribution in [0.3, 0.4) is 0 Å². The minimum absolute atomic E-state index is 0.818. The number of rotatable bonds is 9.